The summed E-state index contributed by atoms with van der Waals surface area (Å²) in [6, 6.07) is 2.18. The minimum atomic E-state index is -3.45. The zero-order valence-electron chi connectivity index (χ0n) is 13.3. The van der Waals surface area contributed by atoms with Crippen molar-refractivity contribution in [3.05, 3.63) is 0 Å². The summed E-state index contributed by atoms with van der Waals surface area (Å²) < 4.78 is 22.1. The maximum absolute atomic E-state index is 12.4. The van der Waals surface area contributed by atoms with Gasteiger partial charge in [-0.1, -0.05) is 13.3 Å². The molecule has 0 aromatic heterocycles. The van der Waals surface area contributed by atoms with Crippen LogP contribution >= 0.6 is 0 Å². The Labute approximate surface area is 127 Å². The van der Waals surface area contributed by atoms with Crippen molar-refractivity contribution in [1.29, 1.82) is 5.26 Å². The van der Waals surface area contributed by atoms with Gasteiger partial charge in [-0.05, 0) is 20.3 Å². The molecule has 1 unspecified atom stereocenters. The molecule has 6 nitrogen and oxygen atoms in total. The van der Waals surface area contributed by atoms with Gasteiger partial charge < -0.3 is 4.90 Å². The van der Waals surface area contributed by atoms with E-state index in [4.69, 9.17) is 5.26 Å². The Morgan fingerprint density at radius 2 is 1.81 bits per heavy atom. The van der Waals surface area contributed by atoms with Gasteiger partial charge in [0.25, 0.3) is 0 Å². The summed E-state index contributed by atoms with van der Waals surface area (Å²) in [5.74, 6) is -0.353. The van der Waals surface area contributed by atoms with E-state index in [1.54, 1.807) is 4.90 Å². The number of carbonyl (C=O) groups is 1. The van der Waals surface area contributed by atoms with Crippen LogP contribution in [0, 0.1) is 11.3 Å². The van der Waals surface area contributed by atoms with Crippen molar-refractivity contribution in [2.75, 3.05) is 32.4 Å². The second kappa shape index (κ2) is 6.75. The SMILES string of the molecule is CCCC(C#N)N1CCN(C(=O)C(C)(C)S(C)(=O)=O)CC1. The van der Waals surface area contributed by atoms with Crippen molar-refractivity contribution in [2.24, 2.45) is 0 Å². The van der Waals surface area contributed by atoms with E-state index >= 15 is 0 Å². The molecule has 0 N–H and O–H groups in total. The highest BCUT2D eigenvalue weighted by Crippen LogP contribution is 2.20. The lowest BCUT2D eigenvalue weighted by Crippen LogP contribution is -2.57. The summed E-state index contributed by atoms with van der Waals surface area (Å²) in [5.41, 5.74) is 0. The quantitative estimate of drug-likeness (QED) is 0.744. The van der Waals surface area contributed by atoms with E-state index in [2.05, 4.69) is 11.0 Å². The molecule has 0 saturated carbocycles. The van der Waals surface area contributed by atoms with Gasteiger partial charge in [0.05, 0.1) is 12.1 Å². The van der Waals surface area contributed by atoms with Crippen LogP contribution in [0.1, 0.15) is 33.6 Å². The molecule has 0 aliphatic carbocycles. The topological polar surface area (TPSA) is 81.5 Å². The minimum Gasteiger partial charge on any atom is -0.339 e. The molecule has 1 atom stereocenters. The Hall–Kier alpha value is -1.13. The van der Waals surface area contributed by atoms with Crippen LogP contribution in [0.15, 0.2) is 0 Å². The summed E-state index contributed by atoms with van der Waals surface area (Å²) in [4.78, 5) is 16.1. The third-order valence-electron chi connectivity index (χ3n) is 4.20. The first-order valence-electron chi connectivity index (χ1n) is 7.27. The fraction of sp³-hybridized carbons (Fsp3) is 0.857. The van der Waals surface area contributed by atoms with Gasteiger partial charge in [0.1, 0.15) is 4.75 Å². The molecule has 0 aromatic rings. The second-order valence-corrected chi connectivity index (χ2v) is 8.61. The van der Waals surface area contributed by atoms with Crippen LogP contribution < -0.4 is 0 Å². The lowest BCUT2D eigenvalue weighted by molar-refractivity contribution is -0.135. The molecule has 0 spiro atoms. The third-order valence-corrected chi connectivity index (χ3v) is 6.22. The predicted molar refractivity (Wildman–Crippen MR) is 81.4 cm³/mol. The molecule has 0 bridgehead atoms. The lowest BCUT2D eigenvalue weighted by Gasteiger charge is -2.39. The fourth-order valence-corrected chi connectivity index (χ4v) is 2.82. The van der Waals surface area contributed by atoms with Gasteiger partial charge >= 0.3 is 0 Å². The van der Waals surface area contributed by atoms with Gasteiger partial charge in [0, 0.05) is 32.4 Å². The van der Waals surface area contributed by atoms with Crippen LogP contribution in [-0.2, 0) is 14.6 Å². The monoisotopic (exact) mass is 315 g/mol. The minimum absolute atomic E-state index is 0.116. The number of nitrogens with zero attached hydrogens (tertiary/aromatic N) is 3. The molecule has 0 aromatic carbocycles. The van der Waals surface area contributed by atoms with Crippen molar-refractivity contribution < 1.29 is 13.2 Å². The van der Waals surface area contributed by atoms with E-state index in [0.717, 1.165) is 19.1 Å². The van der Waals surface area contributed by atoms with Crippen LogP contribution in [0.3, 0.4) is 0 Å². The van der Waals surface area contributed by atoms with Crippen molar-refractivity contribution in [1.82, 2.24) is 9.80 Å². The van der Waals surface area contributed by atoms with Crippen LogP contribution in [0.5, 0.6) is 0 Å². The molecule has 1 aliphatic heterocycles. The molecule has 1 heterocycles. The first kappa shape index (κ1) is 17.9. The standard InChI is InChI=1S/C14H25N3O3S/c1-5-6-12(11-15)16-7-9-17(10-8-16)13(18)14(2,3)21(4,19)20/h12H,5-10H2,1-4H3. The molecule has 1 rings (SSSR count). The molecular weight excluding hydrogens is 290 g/mol. The second-order valence-electron chi connectivity index (χ2n) is 6.04. The predicted octanol–water partition coefficient (Wildman–Crippen LogP) is 0.646. The number of carbonyl (C=O) groups excluding carboxylic acids is 1. The molecule has 1 saturated heterocycles. The Bertz CT molecular complexity index is 514. The van der Waals surface area contributed by atoms with Gasteiger partial charge in [-0.2, -0.15) is 5.26 Å². The van der Waals surface area contributed by atoms with Gasteiger partial charge in [-0.15, -0.1) is 0 Å². The first-order valence-corrected chi connectivity index (χ1v) is 9.17. The summed E-state index contributed by atoms with van der Waals surface area (Å²) in [6.07, 6.45) is 2.85. The van der Waals surface area contributed by atoms with E-state index in [1.165, 1.54) is 13.8 Å². The molecular formula is C14H25N3O3S. The first-order chi connectivity index (χ1) is 9.65. The Morgan fingerprint density at radius 3 is 2.19 bits per heavy atom. The summed E-state index contributed by atoms with van der Waals surface area (Å²) >= 11 is 0. The van der Waals surface area contributed by atoms with Gasteiger partial charge in [-0.3, -0.25) is 9.69 Å². The number of hydrogen-bond acceptors (Lipinski definition) is 5. The van der Waals surface area contributed by atoms with Crippen molar-refractivity contribution in [3.8, 4) is 6.07 Å². The number of rotatable bonds is 5. The molecule has 1 aliphatic rings. The highest BCUT2D eigenvalue weighted by Gasteiger charge is 2.42. The smallest absolute Gasteiger partial charge is 0.243 e. The highest BCUT2D eigenvalue weighted by atomic mass is 32.2. The molecule has 1 fully saturated rings. The van der Waals surface area contributed by atoms with Gasteiger partial charge in [0.15, 0.2) is 9.84 Å². The summed E-state index contributed by atoms with van der Waals surface area (Å²) in [7, 11) is -3.45. The number of hydrogen-bond donors (Lipinski definition) is 0. The van der Waals surface area contributed by atoms with E-state index in [1.807, 2.05) is 6.92 Å². The third kappa shape index (κ3) is 3.95. The Kier molecular flexibility index (Phi) is 5.76. The molecule has 7 heteroatoms. The van der Waals surface area contributed by atoms with E-state index < -0.39 is 14.6 Å². The molecule has 120 valence electrons. The molecule has 0 radical (unpaired) electrons. The maximum atomic E-state index is 12.4. The summed E-state index contributed by atoms with van der Waals surface area (Å²) in [5, 5.41) is 9.17. The average molecular weight is 315 g/mol. The van der Waals surface area contributed by atoms with E-state index in [9.17, 15) is 13.2 Å². The van der Waals surface area contributed by atoms with Crippen LogP contribution in [0.25, 0.3) is 0 Å². The van der Waals surface area contributed by atoms with Crippen molar-refractivity contribution in [3.63, 3.8) is 0 Å². The zero-order valence-corrected chi connectivity index (χ0v) is 14.1. The largest absolute Gasteiger partial charge is 0.339 e. The van der Waals surface area contributed by atoms with E-state index in [-0.39, 0.29) is 11.9 Å². The lowest BCUT2D eigenvalue weighted by atomic mass is 10.1. The summed E-state index contributed by atoms with van der Waals surface area (Å²) in [6.45, 7) is 7.12. The van der Waals surface area contributed by atoms with E-state index in [0.29, 0.717) is 26.2 Å². The number of sulfone groups is 1. The van der Waals surface area contributed by atoms with Crippen LogP contribution in [0.4, 0.5) is 0 Å². The van der Waals surface area contributed by atoms with Crippen LogP contribution in [-0.4, -0.2) is 67.3 Å². The van der Waals surface area contributed by atoms with Crippen molar-refractivity contribution in [2.45, 2.75) is 44.4 Å². The number of nitriles is 1. The highest BCUT2D eigenvalue weighted by molar-refractivity contribution is 7.92. The van der Waals surface area contributed by atoms with Gasteiger partial charge in [-0.25, -0.2) is 8.42 Å². The Balaban J connectivity index is 2.69. The molecule has 21 heavy (non-hydrogen) atoms. The average Bonchev–Trinajstić information content (AvgIpc) is 2.43. The molecule has 1 amide bonds. The normalized spacial score (nSPS) is 19.1. The fourth-order valence-electron chi connectivity index (χ4n) is 2.38. The number of amides is 1. The number of piperazine rings is 1. The van der Waals surface area contributed by atoms with Crippen molar-refractivity contribution >= 4 is 15.7 Å². The Morgan fingerprint density at radius 1 is 1.29 bits per heavy atom. The maximum Gasteiger partial charge on any atom is 0.243 e. The zero-order chi connectivity index (χ0) is 16.3. The van der Waals surface area contributed by atoms with Gasteiger partial charge in [0.2, 0.25) is 5.91 Å². The van der Waals surface area contributed by atoms with Crippen LogP contribution in [0.2, 0.25) is 0 Å².